The third-order valence-corrected chi connectivity index (χ3v) is 4.16. The van der Waals surface area contributed by atoms with Crippen molar-refractivity contribution in [3.8, 4) is 0 Å². The third kappa shape index (κ3) is 2.37. The number of carbonyl (C=O) groups excluding carboxylic acids is 1. The van der Waals surface area contributed by atoms with Crippen molar-refractivity contribution in [1.29, 1.82) is 0 Å². The molecule has 0 bridgehead atoms. The maximum absolute atomic E-state index is 12.0. The summed E-state index contributed by atoms with van der Waals surface area (Å²) < 4.78 is 8.16. The number of fused-ring (bicyclic) bond motifs is 1. The number of carbonyl (C=O) groups is 1. The van der Waals surface area contributed by atoms with E-state index in [1.807, 2.05) is 29.7 Å². The zero-order valence-corrected chi connectivity index (χ0v) is 12.1. The summed E-state index contributed by atoms with van der Waals surface area (Å²) in [4.78, 5) is 16.4. The first-order valence-electron chi connectivity index (χ1n) is 6.22. The predicted octanol–water partition coefficient (Wildman–Crippen LogP) is 2.52. The summed E-state index contributed by atoms with van der Waals surface area (Å²) in [6.45, 7) is 2.60. The number of nitrogens with zero attached hydrogens (tertiary/aromatic N) is 2. The predicted molar refractivity (Wildman–Crippen MR) is 75.2 cm³/mol. The Kier molecular flexibility index (Phi) is 3.28. The normalized spacial score (nSPS) is 18.9. The van der Waals surface area contributed by atoms with Gasteiger partial charge in [0.1, 0.15) is 16.4 Å². The lowest BCUT2D eigenvalue weighted by atomic mass is 10.2. The highest BCUT2D eigenvalue weighted by molar-refractivity contribution is 9.10. The molecule has 3 heterocycles. The zero-order chi connectivity index (χ0) is 13.4. The van der Waals surface area contributed by atoms with Crippen LogP contribution in [0.5, 0.6) is 0 Å². The highest BCUT2D eigenvalue weighted by Crippen LogP contribution is 2.21. The molecule has 100 valence electrons. The highest BCUT2D eigenvalue weighted by Gasteiger charge is 2.23. The molecule has 3 rings (SSSR count). The van der Waals surface area contributed by atoms with Gasteiger partial charge in [-0.2, -0.15) is 0 Å². The molecule has 0 radical (unpaired) electrons. The van der Waals surface area contributed by atoms with Gasteiger partial charge in [0, 0.05) is 12.8 Å². The Morgan fingerprint density at radius 3 is 3.16 bits per heavy atom. The van der Waals surface area contributed by atoms with Crippen molar-refractivity contribution in [3.63, 3.8) is 0 Å². The van der Waals surface area contributed by atoms with Crippen LogP contribution in [0.15, 0.2) is 22.9 Å². The Balaban J connectivity index is 1.84. The van der Waals surface area contributed by atoms with Gasteiger partial charge in [0.15, 0.2) is 0 Å². The van der Waals surface area contributed by atoms with Gasteiger partial charge in [0.05, 0.1) is 11.4 Å². The van der Waals surface area contributed by atoms with Crippen molar-refractivity contribution in [3.05, 3.63) is 28.6 Å². The molecule has 0 spiro atoms. The molecule has 19 heavy (non-hydrogen) atoms. The van der Waals surface area contributed by atoms with Crippen molar-refractivity contribution in [2.24, 2.45) is 0 Å². The van der Waals surface area contributed by atoms with Crippen LogP contribution < -0.4 is 5.32 Å². The van der Waals surface area contributed by atoms with Crippen LogP contribution in [0.4, 0.5) is 5.69 Å². The number of amides is 1. The van der Waals surface area contributed by atoms with Gasteiger partial charge in [-0.25, -0.2) is 4.98 Å². The summed E-state index contributed by atoms with van der Waals surface area (Å²) >= 11 is 3.48. The Morgan fingerprint density at radius 2 is 2.42 bits per heavy atom. The maximum Gasteiger partial charge on any atom is 0.253 e. The summed E-state index contributed by atoms with van der Waals surface area (Å²) in [5, 5.41) is 2.88. The van der Waals surface area contributed by atoms with Gasteiger partial charge in [-0.1, -0.05) is 0 Å². The van der Waals surface area contributed by atoms with Crippen molar-refractivity contribution in [2.45, 2.75) is 25.9 Å². The minimum absolute atomic E-state index is 0.0789. The van der Waals surface area contributed by atoms with Crippen LogP contribution in [-0.4, -0.2) is 28.0 Å². The van der Waals surface area contributed by atoms with Crippen LogP contribution in [0.1, 0.15) is 18.5 Å². The fourth-order valence-corrected chi connectivity index (χ4v) is 2.59. The monoisotopic (exact) mass is 323 g/mol. The van der Waals surface area contributed by atoms with Gasteiger partial charge < -0.3 is 10.1 Å². The number of anilines is 1. The van der Waals surface area contributed by atoms with Crippen LogP contribution in [-0.2, 0) is 9.53 Å². The molecular formula is C13H14BrN3O2. The fraction of sp³-hybridized carbons (Fsp3) is 0.385. The van der Waals surface area contributed by atoms with E-state index in [4.69, 9.17) is 4.74 Å². The molecule has 5 nitrogen and oxygen atoms in total. The lowest BCUT2D eigenvalue weighted by molar-refractivity contribution is -0.124. The quantitative estimate of drug-likeness (QED) is 0.923. The van der Waals surface area contributed by atoms with Gasteiger partial charge in [-0.05, 0) is 47.8 Å². The van der Waals surface area contributed by atoms with Gasteiger partial charge in [0.2, 0.25) is 0 Å². The smallest absolute Gasteiger partial charge is 0.253 e. The van der Waals surface area contributed by atoms with E-state index in [0.29, 0.717) is 6.61 Å². The molecule has 1 atom stereocenters. The van der Waals surface area contributed by atoms with Gasteiger partial charge in [0.25, 0.3) is 5.91 Å². The first-order chi connectivity index (χ1) is 9.15. The molecule has 6 heteroatoms. The Labute approximate surface area is 119 Å². The standard InChI is InChI=1S/C13H14BrN3O2/c1-8-12(14)17-7-9(4-5-11(17)15-8)16-13(18)10-3-2-6-19-10/h4-5,7,10H,2-3,6H2,1H3,(H,16,18). The van der Waals surface area contributed by atoms with Crippen molar-refractivity contribution < 1.29 is 9.53 Å². The van der Waals surface area contributed by atoms with Crippen LogP contribution in [0.3, 0.4) is 0 Å². The van der Waals surface area contributed by atoms with E-state index in [2.05, 4.69) is 26.2 Å². The fourth-order valence-electron chi connectivity index (χ4n) is 2.21. The maximum atomic E-state index is 12.0. The lowest BCUT2D eigenvalue weighted by Gasteiger charge is -2.10. The molecule has 1 saturated heterocycles. The number of hydrogen-bond acceptors (Lipinski definition) is 3. The van der Waals surface area contributed by atoms with E-state index in [0.717, 1.165) is 34.5 Å². The number of aromatic nitrogens is 2. The van der Waals surface area contributed by atoms with Crippen molar-refractivity contribution in [1.82, 2.24) is 9.38 Å². The number of pyridine rings is 1. The minimum Gasteiger partial charge on any atom is -0.368 e. The van der Waals surface area contributed by atoms with Crippen molar-refractivity contribution >= 4 is 33.2 Å². The molecule has 1 N–H and O–H groups in total. The van der Waals surface area contributed by atoms with Crippen LogP contribution in [0.2, 0.25) is 0 Å². The summed E-state index contributed by atoms with van der Waals surface area (Å²) in [5.41, 5.74) is 2.51. The second kappa shape index (κ2) is 4.94. The minimum atomic E-state index is -0.316. The van der Waals surface area contributed by atoms with Crippen molar-refractivity contribution in [2.75, 3.05) is 11.9 Å². The number of halogens is 1. The summed E-state index contributed by atoms with van der Waals surface area (Å²) in [6.07, 6.45) is 3.28. The third-order valence-electron chi connectivity index (χ3n) is 3.21. The molecule has 0 aliphatic carbocycles. The molecule has 1 unspecified atom stereocenters. The Bertz CT molecular complexity index is 632. The van der Waals surface area contributed by atoms with E-state index in [1.165, 1.54) is 0 Å². The SMILES string of the molecule is Cc1nc2ccc(NC(=O)C3CCCO3)cn2c1Br. The van der Waals surface area contributed by atoms with Crippen LogP contribution >= 0.6 is 15.9 Å². The van der Waals surface area contributed by atoms with Crippen LogP contribution in [0, 0.1) is 6.92 Å². The Morgan fingerprint density at radius 1 is 1.58 bits per heavy atom. The van der Waals surface area contributed by atoms with E-state index in [9.17, 15) is 4.79 Å². The Hall–Kier alpha value is -1.40. The number of rotatable bonds is 2. The van der Waals surface area contributed by atoms with E-state index in [-0.39, 0.29) is 12.0 Å². The average Bonchev–Trinajstić information content (AvgIpc) is 3.01. The molecule has 0 saturated carbocycles. The van der Waals surface area contributed by atoms with E-state index >= 15 is 0 Å². The number of ether oxygens (including phenoxy) is 1. The first kappa shape index (κ1) is 12.6. The topological polar surface area (TPSA) is 55.6 Å². The molecule has 0 aromatic carbocycles. The highest BCUT2D eigenvalue weighted by atomic mass is 79.9. The molecule has 2 aromatic rings. The van der Waals surface area contributed by atoms with E-state index in [1.54, 1.807) is 0 Å². The molecule has 1 fully saturated rings. The first-order valence-corrected chi connectivity index (χ1v) is 7.01. The van der Waals surface area contributed by atoms with E-state index < -0.39 is 0 Å². The zero-order valence-electron chi connectivity index (χ0n) is 10.5. The second-order valence-electron chi connectivity index (χ2n) is 4.62. The lowest BCUT2D eigenvalue weighted by Crippen LogP contribution is -2.26. The van der Waals surface area contributed by atoms with Gasteiger partial charge >= 0.3 is 0 Å². The molecule has 1 amide bonds. The average molecular weight is 324 g/mol. The van der Waals surface area contributed by atoms with Gasteiger partial charge in [-0.15, -0.1) is 0 Å². The largest absolute Gasteiger partial charge is 0.368 e. The summed E-state index contributed by atoms with van der Waals surface area (Å²) in [5.74, 6) is -0.0789. The number of imidazole rings is 1. The molecule has 1 aliphatic rings. The number of aryl methyl sites for hydroxylation is 1. The second-order valence-corrected chi connectivity index (χ2v) is 5.38. The van der Waals surface area contributed by atoms with Gasteiger partial charge in [-0.3, -0.25) is 9.20 Å². The molecule has 2 aromatic heterocycles. The van der Waals surface area contributed by atoms with Crippen LogP contribution in [0.25, 0.3) is 5.65 Å². The molecular weight excluding hydrogens is 310 g/mol. The number of nitrogens with one attached hydrogen (secondary N) is 1. The summed E-state index contributed by atoms with van der Waals surface area (Å²) in [7, 11) is 0. The molecule has 1 aliphatic heterocycles. The summed E-state index contributed by atoms with van der Waals surface area (Å²) in [6, 6.07) is 3.73. The number of hydrogen-bond donors (Lipinski definition) is 1.